The molecule has 10 heteroatoms. The van der Waals surface area contributed by atoms with Gasteiger partial charge < -0.3 is 29.0 Å². The Morgan fingerprint density at radius 1 is 1.12 bits per heavy atom. The van der Waals surface area contributed by atoms with Gasteiger partial charge in [-0.3, -0.25) is 4.79 Å². The summed E-state index contributed by atoms with van der Waals surface area (Å²) in [7, 11) is 0. The molecule has 0 unspecified atom stereocenters. The first-order valence-electron chi connectivity index (χ1n) is 12.3. The lowest BCUT2D eigenvalue weighted by molar-refractivity contribution is -0.371. The van der Waals surface area contributed by atoms with Crippen molar-refractivity contribution in [3.63, 3.8) is 0 Å². The number of carbonyl (C=O) groups excluding carboxylic acids is 1. The molecule has 0 aromatic heterocycles. The highest BCUT2D eigenvalue weighted by Gasteiger charge is 2.54. The highest BCUT2D eigenvalue weighted by molar-refractivity contribution is 5.82. The average molecular weight is 496 g/mol. The molecule has 2 aliphatic heterocycles. The number of hydrogen-bond donors (Lipinski definition) is 1. The molecule has 0 aromatic rings. The minimum atomic E-state index is -5.06. The van der Waals surface area contributed by atoms with Crippen LogP contribution in [0.1, 0.15) is 72.1 Å². The number of halogens is 3. The van der Waals surface area contributed by atoms with Gasteiger partial charge in [0.2, 0.25) is 0 Å². The van der Waals surface area contributed by atoms with Crippen molar-refractivity contribution in [1.82, 2.24) is 5.32 Å². The zero-order chi connectivity index (χ0) is 25.2. The van der Waals surface area contributed by atoms with Crippen molar-refractivity contribution in [2.75, 3.05) is 19.8 Å². The van der Waals surface area contributed by atoms with E-state index in [0.29, 0.717) is 6.61 Å². The summed E-state index contributed by atoms with van der Waals surface area (Å²) in [6.07, 6.45) is 1.76. The van der Waals surface area contributed by atoms with E-state index in [0.717, 1.165) is 25.7 Å². The molecule has 1 N–H and O–H groups in total. The van der Waals surface area contributed by atoms with Crippen LogP contribution in [0.3, 0.4) is 0 Å². The van der Waals surface area contributed by atoms with Gasteiger partial charge in [-0.05, 0) is 20.3 Å². The van der Waals surface area contributed by atoms with Crippen LogP contribution in [0, 0.1) is 0 Å². The van der Waals surface area contributed by atoms with Gasteiger partial charge in [-0.15, -0.1) is 6.58 Å². The van der Waals surface area contributed by atoms with Gasteiger partial charge in [-0.2, -0.15) is 13.2 Å². The molecule has 34 heavy (non-hydrogen) atoms. The maximum absolute atomic E-state index is 13.1. The largest absolute Gasteiger partial charge is 0.471 e. The number of carbonyl (C=O) groups is 1. The molecule has 0 spiro atoms. The maximum Gasteiger partial charge on any atom is 0.471 e. The summed E-state index contributed by atoms with van der Waals surface area (Å²) in [5, 5.41) is 2.01. The Kier molecular flexibility index (Phi) is 11.8. The monoisotopic (exact) mass is 495 g/mol. The van der Waals surface area contributed by atoms with E-state index in [4.69, 9.17) is 23.7 Å². The lowest BCUT2D eigenvalue weighted by atomic mass is 9.94. The molecule has 2 saturated heterocycles. The van der Waals surface area contributed by atoms with Crippen LogP contribution in [-0.2, 0) is 28.5 Å². The van der Waals surface area contributed by atoms with Crippen LogP contribution in [-0.4, -0.2) is 68.3 Å². The molecule has 2 heterocycles. The van der Waals surface area contributed by atoms with E-state index >= 15 is 0 Å². The molecule has 1 amide bonds. The fraction of sp³-hybridized carbons (Fsp3) is 0.875. The fourth-order valence-electron chi connectivity index (χ4n) is 4.17. The highest BCUT2D eigenvalue weighted by Crippen LogP contribution is 2.35. The second-order valence-electron chi connectivity index (χ2n) is 9.27. The molecule has 0 saturated carbocycles. The zero-order valence-corrected chi connectivity index (χ0v) is 20.5. The molecule has 0 radical (unpaired) electrons. The minimum Gasteiger partial charge on any atom is -0.373 e. The minimum absolute atomic E-state index is 0.0262. The molecule has 2 fully saturated rings. The predicted octanol–water partition coefficient (Wildman–Crippen LogP) is 4.64. The Morgan fingerprint density at radius 3 is 2.38 bits per heavy atom. The Labute approximate surface area is 200 Å². The summed E-state index contributed by atoms with van der Waals surface area (Å²) in [5.74, 6) is -3.06. The Bertz CT molecular complexity index is 630. The molecule has 2 rings (SSSR count). The number of alkyl halides is 3. The first-order chi connectivity index (χ1) is 16.1. The van der Waals surface area contributed by atoms with Crippen molar-refractivity contribution >= 4 is 5.91 Å². The van der Waals surface area contributed by atoms with Gasteiger partial charge in [-0.1, -0.05) is 57.9 Å². The fourth-order valence-corrected chi connectivity index (χ4v) is 4.17. The Morgan fingerprint density at radius 2 is 1.76 bits per heavy atom. The first kappa shape index (κ1) is 29.0. The molecular formula is C24H40F3NO6. The van der Waals surface area contributed by atoms with Crippen molar-refractivity contribution in [3.8, 4) is 0 Å². The smallest absolute Gasteiger partial charge is 0.373 e. The molecule has 7 nitrogen and oxygen atoms in total. The van der Waals surface area contributed by atoms with Crippen molar-refractivity contribution in [2.45, 2.75) is 115 Å². The van der Waals surface area contributed by atoms with Crippen molar-refractivity contribution < 1.29 is 41.7 Å². The Hall–Kier alpha value is -1.20. The summed E-state index contributed by atoms with van der Waals surface area (Å²) in [6, 6.07) is -1.22. The van der Waals surface area contributed by atoms with Gasteiger partial charge in [0.15, 0.2) is 12.1 Å². The third kappa shape index (κ3) is 9.11. The second kappa shape index (κ2) is 13.8. The third-order valence-corrected chi connectivity index (χ3v) is 5.90. The first-order valence-corrected chi connectivity index (χ1v) is 12.3. The summed E-state index contributed by atoms with van der Waals surface area (Å²) in [6.45, 7) is 9.67. The number of fused-ring (bicyclic) bond motifs is 1. The van der Waals surface area contributed by atoms with Gasteiger partial charge in [0, 0.05) is 6.61 Å². The molecule has 198 valence electrons. The predicted molar refractivity (Wildman–Crippen MR) is 120 cm³/mol. The summed E-state index contributed by atoms with van der Waals surface area (Å²) in [4.78, 5) is 11.8. The SMILES string of the molecule is C=CCO[C@H]1O[C@@H]2COC(C)(C)O[C@H]2[C@H](OCCCCCCCCCC)[C@H]1NC(=O)C(F)(F)F. The lowest BCUT2D eigenvalue weighted by Gasteiger charge is -2.51. The van der Waals surface area contributed by atoms with Crippen molar-refractivity contribution in [2.24, 2.45) is 0 Å². The van der Waals surface area contributed by atoms with Gasteiger partial charge in [0.25, 0.3) is 0 Å². The zero-order valence-electron chi connectivity index (χ0n) is 20.5. The molecule has 2 aliphatic rings. The van der Waals surface area contributed by atoms with Crippen LogP contribution in [0.5, 0.6) is 0 Å². The van der Waals surface area contributed by atoms with Crippen molar-refractivity contribution in [1.29, 1.82) is 0 Å². The van der Waals surface area contributed by atoms with Gasteiger partial charge in [0.05, 0.1) is 13.2 Å². The van der Waals surface area contributed by atoms with E-state index in [9.17, 15) is 18.0 Å². The van der Waals surface area contributed by atoms with Crippen molar-refractivity contribution in [3.05, 3.63) is 12.7 Å². The van der Waals surface area contributed by atoms with Gasteiger partial charge in [-0.25, -0.2) is 0 Å². The normalized spacial score (nSPS) is 28.8. The summed E-state index contributed by atoms with van der Waals surface area (Å²) >= 11 is 0. The number of unbranched alkanes of at least 4 members (excludes halogenated alkanes) is 7. The number of hydrogen-bond acceptors (Lipinski definition) is 6. The van der Waals surface area contributed by atoms with Crippen LogP contribution in [0.15, 0.2) is 12.7 Å². The topological polar surface area (TPSA) is 75.2 Å². The molecule has 0 aromatic carbocycles. The van der Waals surface area contributed by atoms with E-state index in [2.05, 4.69) is 13.5 Å². The van der Waals surface area contributed by atoms with E-state index < -0.39 is 48.5 Å². The third-order valence-electron chi connectivity index (χ3n) is 5.90. The van der Waals surface area contributed by atoms with Crippen LogP contribution >= 0.6 is 0 Å². The lowest BCUT2D eigenvalue weighted by Crippen LogP contribution is -2.69. The summed E-state index contributed by atoms with van der Waals surface area (Å²) < 4.78 is 68.4. The van der Waals surface area contributed by atoms with Crippen LogP contribution < -0.4 is 5.32 Å². The van der Waals surface area contributed by atoms with E-state index in [1.54, 1.807) is 13.8 Å². The van der Waals surface area contributed by atoms with Crippen LogP contribution in [0.25, 0.3) is 0 Å². The number of ether oxygens (including phenoxy) is 5. The quantitative estimate of drug-likeness (QED) is 0.280. The number of nitrogens with one attached hydrogen (secondary N) is 1. The maximum atomic E-state index is 13.1. The van der Waals surface area contributed by atoms with Gasteiger partial charge >= 0.3 is 12.1 Å². The average Bonchev–Trinajstić information content (AvgIpc) is 2.76. The van der Waals surface area contributed by atoms with Crippen LogP contribution in [0.4, 0.5) is 13.2 Å². The Balaban J connectivity index is 2.07. The van der Waals surface area contributed by atoms with E-state index in [1.807, 2.05) is 5.32 Å². The van der Waals surface area contributed by atoms with E-state index in [-0.39, 0.29) is 13.2 Å². The van der Waals surface area contributed by atoms with E-state index in [1.165, 1.54) is 31.8 Å². The van der Waals surface area contributed by atoms with Gasteiger partial charge in [0.1, 0.15) is 24.4 Å². The second-order valence-corrected chi connectivity index (χ2v) is 9.27. The summed E-state index contributed by atoms with van der Waals surface area (Å²) in [5.41, 5.74) is 0. The number of amides is 1. The molecule has 5 atom stereocenters. The molecule has 0 aliphatic carbocycles. The standard InChI is InChI=1S/C24H40F3NO6/c1-5-7-8-9-10-11-12-13-15-30-20-18(28-22(29)24(25,26)27)21(31-14-6-2)33-17-16-32-23(3,4)34-19(17)20/h6,17-21H,2,5,7-16H2,1,3-4H3,(H,28,29)/t17-,18-,19-,20-,21+/m1/s1. The van der Waals surface area contributed by atoms with Crippen LogP contribution in [0.2, 0.25) is 0 Å². The molecule has 0 bridgehead atoms. The highest BCUT2D eigenvalue weighted by atomic mass is 19.4. The molecular weight excluding hydrogens is 455 g/mol. The number of rotatable bonds is 14.